The van der Waals surface area contributed by atoms with Crippen LogP contribution >= 0.6 is 11.3 Å². The molecule has 0 amide bonds. The van der Waals surface area contributed by atoms with Crippen molar-refractivity contribution >= 4 is 11.3 Å². The first-order valence-electron chi connectivity index (χ1n) is 6.09. The normalized spacial score (nSPS) is 27.5. The summed E-state index contributed by atoms with van der Waals surface area (Å²) >= 11 is 1.84. The van der Waals surface area contributed by atoms with Gasteiger partial charge in [-0.2, -0.15) is 0 Å². The van der Waals surface area contributed by atoms with Gasteiger partial charge in [-0.3, -0.25) is 0 Å². The van der Waals surface area contributed by atoms with Crippen molar-refractivity contribution in [2.75, 3.05) is 6.61 Å². The number of hydrogen-bond acceptors (Lipinski definition) is 3. The Labute approximate surface area is 102 Å². The minimum absolute atomic E-state index is 0.348. The van der Waals surface area contributed by atoms with Crippen LogP contribution in [0.25, 0.3) is 0 Å². The Bertz CT molecular complexity index is 310. The molecule has 0 spiro atoms. The zero-order valence-corrected chi connectivity index (χ0v) is 11.1. The largest absolute Gasteiger partial charge is 0.377 e. The van der Waals surface area contributed by atoms with Gasteiger partial charge in [0.2, 0.25) is 0 Å². The maximum Gasteiger partial charge on any atom is 0.0700 e. The van der Waals surface area contributed by atoms with Gasteiger partial charge in [0.1, 0.15) is 0 Å². The lowest BCUT2D eigenvalue weighted by Gasteiger charge is -2.26. The van der Waals surface area contributed by atoms with Crippen molar-refractivity contribution in [3.63, 3.8) is 0 Å². The summed E-state index contributed by atoms with van der Waals surface area (Å²) in [5, 5.41) is 5.91. The van der Waals surface area contributed by atoms with Crippen LogP contribution in [-0.4, -0.2) is 18.8 Å². The van der Waals surface area contributed by atoms with Gasteiger partial charge in [-0.05, 0) is 30.7 Å². The Morgan fingerprint density at radius 3 is 2.81 bits per heavy atom. The first-order chi connectivity index (χ1) is 7.68. The van der Waals surface area contributed by atoms with E-state index < -0.39 is 0 Å². The summed E-state index contributed by atoms with van der Waals surface area (Å²) in [5.74, 6) is 0.617. The van der Waals surface area contributed by atoms with Crippen molar-refractivity contribution in [3.8, 4) is 0 Å². The highest BCUT2D eigenvalue weighted by Crippen LogP contribution is 2.28. The predicted molar refractivity (Wildman–Crippen MR) is 68.9 cm³/mol. The van der Waals surface area contributed by atoms with Gasteiger partial charge in [-0.15, -0.1) is 11.3 Å². The second kappa shape index (κ2) is 5.30. The van der Waals surface area contributed by atoms with Gasteiger partial charge in [0, 0.05) is 23.6 Å². The molecule has 3 heteroatoms. The highest BCUT2D eigenvalue weighted by atomic mass is 32.1. The maximum absolute atomic E-state index is 5.60. The number of rotatable bonds is 4. The van der Waals surface area contributed by atoms with Gasteiger partial charge in [0.15, 0.2) is 0 Å². The Balaban J connectivity index is 2.03. The summed E-state index contributed by atoms with van der Waals surface area (Å²) < 4.78 is 5.60. The molecule has 1 saturated heterocycles. The topological polar surface area (TPSA) is 21.3 Å². The second-order valence-electron chi connectivity index (χ2n) is 4.87. The number of ether oxygens (including phenoxy) is 1. The Kier molecular flexibility index (Phi) is 4.00. The van der Waals surface area contributed by atoms with Gasteiger partial charge in [-0.25, -0.2) is 0 Å². The molecule has 1 aromatic heterocycles. The molecule has 0 saturated carbocycles. The van der Waals surface area contributed by atoms with Gasteiger partial charge < -0.3 is 10.1 Å². The van der Waals surface area contributed by atoms with Crippen LogP contribution in [0.15, 0.2) is 17.5 Å². The average molecular weight is 239 g/mol. The number of thiophene rings is 1. The molecule has 2 heterocycles. The standard InChI is InChI=1S/C13H21NOS/c1-9(2)13(12-5-4-8-16-12)14-11-6-7-15-10(11)3/h4-5,8-11,13-14H,6-7H2,1-3H3. The minimum Gasteiger partial charge on any atom is -0.377 e. The van der Waals surface area contributed by atoms with E-state index in [1.165, 1.54) is 4.88 Å². The Morgan fingerprint density at radius 2 is 2.31 bits per heavy atom. The molecular weight excluding hydrogens is 218 g/mol. The average Bonchev–Trinajstić information content (AvgIpc) is 2.85. The molecule has 0 bridgehead atoms. The molecule has 0 aliphatic carbocycles. The third kappa shape index (κ3) is 2.65. The van der Waals surface area contributed by atoms with E-state index in [1.54, 1.807) is 0 Å². The molecule has 2 nitrogen and oxygen atoms in total. The summed E-state index contributed by atoms with van der Waals surface area (Å²) in [7, 11) is 0. The summed E-state index contributed by atoms with van der Waals surface area (Å²) in [6.07, 6.45) is 1.48. The molecule has 1 aliphatic heterocycles. The zero-order chi connectivity index (χ0) is 11.5. The quantitative estimate of drug-likeness (QED) is 0.871. The second-order valence-corrected chi connectivity index (χ2v) is 5.85. The molecule has 2 rings (SSSR count). The molecule has 0 radical (unpaired) electrons. The van der Waals surface area contributed by atoms with Crippen molar-refractivity contribution in [1.29, 1.82) is 0 Å². The SMILES string of the molecule is CC(C)C(NC1CCOC1C)c1cccs1. The monoisotopic (exact) mass is 239 g/mol. The van der Waals surface area contributed by atoms with Crippen molar-refractivity contribution < 1.29 is 4.74 Å². The van der Waals surface area contributed by atoms with E-state index in [9.17, 15) is 0 Å². The highest BCUT2D eigenvalue weighted by Gasteiger charge is 2.28. The van der Waals surface area contributed by atoms with Crippen LogP contribution in [0.5, 0.6) is 0 Å². The summed E-state index contributed by atoms with van der Waals surface area (Å²) in [5.41, 5.74) is 0. The molecule has 1 fully saturated rings. The van der Waals surface area contributed by atoms with E-state index >= 15 is 0 Å². The third-order valence-electron chi connectivity index (χ3n) is 3.29. The van der Waals surface area contributed by atoms with Gasteiger partial charge in [0.05, 0.1) is 6.10 Å². The number of nitrogens with one attached hydrogen (secondary N) is 1. The third-order valence-corrected chi connectivity index (χ3v) is 4.24. The fourth-order valence-corrected chi connectivity index (χ4v) is 3.21. The van der Waals surface area contributed by atoms with Crippen LogP contribution in [0.2, 0.25) is 0 Å². The molecule has 90 valence electrons. The predicted octanol–water partition coefficient (Wildman–Crippen LogP) is 3.21. The van der Waals surface area contributed by atoms with E-state index in [0.717, 1.165) is 13.0 Å². The van der Waals surface area contributed by atoms with Crippen molar-refractivity contribution in [2.24, 2.45) is 5.92 Å². The van der Waals surface area contributed by atoms with Crippen molar-refractivity contribution in [2.45, 2.75) is 45.4 Å². The lowest BCUT2D eigenvalue weighted by molar-refractivity contribution is 0.109. The van der Waals surface area contributed by atoms with Crippen LogP contribution in [-0.2, 0) is 4.74 Å². The summed E-state index contributed by atoms with van der Waals surface area (Å²) in [4.78, 5) is 1.44. The fourth-order valence-electron chi connectivity index (χ4n) is 2.25. The van der Waals surface area contributed by atoms with Crippen molar-refractivity contribution in [3.05, 3.63) is 22.4 Å². The summed E-state index contributed by atoms with van der Waals surface area (Å²) in [6.45, 7) is 7.61. The summed E-state index contributed by atoms with van der Waals surface area (Å²) in [6, 6.07) is 5.33. The zero-order valence-electron chi connectivity index (χ0n) is 10.3. The molecule has 1 aliphatic rings. The van der Waals surface area contributed by atoms with Gasteiger partial charge in [-0.1, -0.05) is 19.9 Å². The van der Waals surface area contributed by atoms with Gasteiger partial charge in [0.25, 0.3) is 0 Å². The van der Waals surface area contributed by atoms with Crippen LogP contribution < -0.4 is 5.32 Å². The molecule has 3 atom stereocenters. The molecule has 16 heavy (non-hydrogen) atoms. The van der Waals surface area contributed by atoms with E-state index in [2.05, 4.69) is 43.6 Å². The highest BCUT2D eigenvalue weighted by molar-refractivity contribution is 7.10. The first kappa shape index (κ1) is 12.1. The minimum atomic E-state index is 0.348. The van der Waals surface area contributed by atoms with E-state index in [4.69, 9.17) is 4.74 Å². The van der Waals surface area contributed by atoms with E-state index in [0.29, 0.717) is 24.1 Å². The number of hydrogen-bond donors (Lipinski definition) is 1. The molecular formula is C13H21NOS. The first-order valence-corrected chi connectivity index (χ1v) is 6.97. The van der Waals surface area contributed by atoms with Crippen molar-refractivity contribution in [1.82, 2.24) is 5.32 Å². The molecule has 1 N–H and O–H groups in total. The Hall–Kier alpha value is -0.380. The van der Waals surface area contributed by atoms with Crippen LogP contribution in [0.1, 0.15) is 38.1 Å². The lowest BCUT2D eigenvalue weighted by atomic mass is 10.00. The maximum atomic E-state index is 5.60. The molecule has 0 aromatic carbocycles. The Morgan fingerprint density at radius 1 is 1.50 bits per heavy atom. The fraction of sp³-hybridized carbons (Fsp3) is 0.692. The smallest absolute Gasteiger partial charge is 0.0700 e. The molecule has 3 unspecified atom stereocenters. The van der Waals surface area contributed by atoms with Crippen LogP contribution in [0.4, 0.5) is 0 Å². The van der Waals surface area contributed by atoms with E-state index in [-0.39, 0.29) is 0 Å². The van der Waals surface area contributed by atoms with Gasteiger partial charge >= 0.3 is 0 Å². The van der Waals surface area contributed by atoms with E-state index in [1.807, 2.05) is 11.3 Å². The van der Waals surface area contributed by atoms with Crippen LogP contribution in [0, 0.1) is 5.92 Å². The lowest BCUT2D eigenvalue weighted by Crippen LogP contribution is -2.39. The van der Waals surface area contributed by atoms with Crippen LogP contribution in [0.3, 0.4) is 0 Å². The molecule has 1 aromatic rings.